The van der Waals surface area contributed by atoms with E-state index in [4.69, 9.17) is 4.74 Å². The van der Waals surface area contributed by atoms with Crippen LogP contribution >= 0.6 is 0 Å². The van der Waals surface area contributed by atoms with Gasteiger partial charge in [-0.2, -0.15) is 0 Å². The van der Waals surface area contributed by atoms with Gasteiger partial charge in [0, 0.05) is 25.0 Å². The monoisotopic (exact) mass is 306 g/mol. The summed E-state index contributed by atoms with van der Waals surface area (Å²) in [6.07, 6.45) is 7.98. The number of carbonyl (C=O) groups is 2. The summed E-state index contributed by atoms with van der Waals surface area (Å²) in [5.41, 5.74) is -0.0862. The van der Waals surface area contributed by atoms with Crippen molar-refractivity contribution in [3.8, 4) is 0 Å². The van der Waals surface area contributed by atoms with Crippen LogP contribution in [0, 0.1) is 23.2 Å². The zero-order valence-corrected chi connectivity index (χ0v) is 13.2. The largest absolute Gasteiger partial charge is 0.449 e. The standard InChI is InChI=1S/C17H26N2O3/c20-15(18-2-4-19-3-1-5-22-16(19)21)17-9-12-6-13(10-17)8-14(7-12)11-17/h12-14H,1-11H2,(H,18,20). The molecule has 1 heterocycles. The van der Waals surface area contributed by atoms with E-state index in [2.05, 4.69) is 5.32 Å². The van der Waals surface area contributed by atoms with E-state index < -0.39 is 0 Å². The van der Waals surface area contributed by atoms with Gasteiger partial charge in [0.1, 0.15) is 0 Å². The lowest BCUT2D eigenvalue weighted by molar-refractivity contribution is -0.146. The topological polar surface area (TPSA) is 58.6 Å². The molecule has 22 heavy (non-hydrogen) atoms. The predicted molar refractivity (Wildman–Crippen MR) is 81.2 cm³/mol. The second-order valence-corrected chi connectivity index (χ2v) is 7.91. The van der Waals surface area contributed by atoms with Gasteiger partial charge < -0.3 is 15.0 Å². The molecule has 1 N–H and O–H groups in total. The Morgan fingerprint density at radius 2 is 1.82 bits per heavy atom. The zero-order valence-electron chi connectivity index (χ0n) is 13.2. The molecule has 0 atom stereocenters. The molecule has 1 saturated heterocycles. The molecule has 0 spiro atoms. The summed E-state index contributed by atoms with van der Waals surface area (Å²) in [7, 11) is 0. The van der Waals surface area contributed by atoms with Crippen molar-refractivity contribution in [2.75, 3.05) is 26.2 Å². The summed E-state index contributed by atoms with van der Waals surface area (Å²) >= 11 is 0. The first-order valence-electron chi connectivity index (χ1n) is 8.85. The maximum absolute atomic E-state index is 12.8. The summed E-state index contributed by atoms with van der Waals surface area (Å²) in [4.78, 5) is 26.1. The third-order valence-electron chi connectivity index (χ3n) is 6.24. The fourth-order valence-electron chi connectivity index (χ4n) is 5.68. The van der Waals surface area contributed by atoms with Crippen molar-refractivity contribution >= 4 is 12.0 Å². The highest BCUT2D eigenvalue weighted by molar-refractivity contribution is 5.83. The Hall–Kier alpha value is -1.26. The van der Waals surface area contributed by atoms with E-state index >= 15 is 0 Å². The number of rotatable bonds is 4. The Balaban J connectivity index is 1.32. The lowest BCUT2D eigenvalue weighted by Crippen LogP contribution is -2.54. The molecule has 5 heteroatoms. The number of amides is 2. The minimum Gasteiger partial charge on any atom is -0.449 e. The molecular formula is C17H26N2O3. The average Bonchev–Trinajstić information content (AvgIpc) is 2.47. The molecule has 5 nitrogen and oxygen atoms in total. The van der Waals surface area contributed by atoms with Crippen molar-refractivity contribution in [3.63, 3.8) is 0 Å². The maximum Gasteiger partial charge on any atom is 0.409 e. The molecule has 4 bridgehead atoms. The van der Waals surface area contributed by atoms with E-state index in [1.807, 2.05) is 0 Å². The Kier molecular flexibility index (Phi) is 3.54. The van der Waals surface area contributed by atoms with E-state index in [0.29, 0.717) is 19.7 Å². The predicted octanol–water partition coefficient (Wildman–Crippen LogP) is 2.16. The van der Waals surface area contributed by atoms with Crippen molar-refractivity contribution in [1.29, 1.82) is 0 Å². The average molecular weight is 306 g/mol. The van der Waals surface area contributed by atoms with Crippen molar-refractivity contribution in [1.82, 2.24) is 10.2 Å². The molecule has 2 amide bonds. The van der Waals surface area contributed by atoms with Crippen molar-refractivity contribution in [3.05, 3.63) is 0 Å². The van der Waals surface area contributed by atoms with Crippen LogP contribution in [0.4, 0.5) is 4.79 Å². The van der Waals surface area contributed by atoms with Gasteiger partial charge in [0.25, 0.3) is 0 Å². The van der Waals surface area contributed by atoms with Gasteiger partial charge in [-0.15, -0.1) is 0 Å². The zero-order chi connectivity index (χ0) is 15.2. The van der Waals surface area contributed by atoms with Crippen LogP contribution in [0.3, 0.4) is 0 Å². The van der Waals surface area contributed by atoms with E-state index in [-0.39, 0.29) is 17.4 Å². The number of ether oxygens (including phenoxy) is 1. The fourth-order valence-corrected chi connectivity index (χ4v) is 5.68. The number of hydrogen-bond donors (Lipinski definition) is 1. The highest BCUT2D eigenvalue weighted by Gasteiger charge is 2.54. The Morgan fingerprint density at radius 3 is 2.41 bits per heavy atom. The molecule has 0 aromatic heterocycles. The second kappa shape index (κ2) is 5.43. The molecule has 1 aliphatic heterocycles. The number of hydrogen-bond acceptors (Lipinski definition) is 3. The van der Waals surface area contributed by atoms with Gasteiger partial charge in [-0.05, 0) is 62.7 Å². The SMILES string of the molecule is O=C1OCCCN1CCNC(=O)C12CC3CC(CC(C3)C1)C2. The molecule has 0 radical (unpaired) electrons. The van der Waals surface area contributed by atoms with Gasteiger partial charge >= 0.3 is 6.09 Å². The molecule has 0 aromatic rings. The molecular weight excluding hydrogens is 280 g/mol. The van der Waals surface area contributed by atoms with Gasteiger partial charge in [-0.3, -0.25) is 4.79 Å². The van der Waals surface area contributed by atoms with Crippen molar-refractivity contribution in [2.45, 2.75) is 44.9 Å². The Morgan fingerprint density at radius 1 is 1.18 bits per heavy atom. The Bertz CT molecular complexity index is 441. The van der Waals surface area contributed by atoms with Gasteiger partial charge in [0.05, 0.1) is 6.61 Å². The second-order valence-electron chi connectivity index (χ2n) is 7.91. The van der Waals surface area contributed by atoms with Crippen LogP contribution in [-0.4, -0.2) is 43.1 Å². The third kappa shape index (κ3) is 2.48. The van der Waals surface area contributed by atoms with E-state index in [9.17, 15) is 9.59 Å². The van der Waals surface area contributed by atoms with Gasteiger partial charge in [-0.1, -0.05) is 0 Å². The minimum atomic E-state index is -0.240. The number of nitrogens with one attached hydrogen (secondary N) is 1. The summed E-state index contributed by atoms with van der Waals surface area (Å²) < 4.78 is 5.02. The molecule has 4 saturated carbocycles. The smallest absolute Gasteiger partial charge is 0.409 e. The summed E-state index contributed by atoms with van der Waals surface area (Å²) in [5, 5.41) is 3.12. The van der Waals surface area contributed by atoms with E-state index in [1.165, 1.54) is 19.3 Å². The van der Waals surface area contributed by atoms with Gasteiger partial charge in [0.15, 0.2) is 0 Å². The molecule has 5 aliphatic rings. The molecule has 0 aromatic carbocycles. The molecule has 4 aliphatic carbocycles. The summed E-state index contributed by atoms with van der Waals surface area (Å²) in [5.74, 6) is 2.61. The third-order valence-corrected chi connectivity index (χ3v) is 6.24. The van der Waals surface area contributed by atoms with Crippen molar-refractivity contribution in [2.24, 2.45) is 23.2 Å². The molecule has 5 fully saturated rings. The van der Waals surface area contributed by atoms with Gasteiger partial charge in [-0.25, -0.2) is 4.79 Å². The van der Waals surface area contributed by atoms with Crippen LogP contribution in [0.5, 0.6) is 0 Å². The molecule has 0 unspecified atom stereocenters. The number of cyclic esters (lactones) is 1. The fraction of sp³-hybridized carbons (Fsp3) is 0.882. The minimum absolute atomic E-state index is 0.0862. The summed E-state index contributed by atoms with van der Waals surface area (Å²) in [6, 6.07) is 0. The summed E-state index contributed by atoms with van der Waals surface area (Å²) in [6.45, 7) is 2.38. The first kappa shape index (κ1) is 14.3. The van der Waals surface area contributed by atoms with E-state index in [1.54, 1.807) is 4.90 Å². The van der Waals surface area contributed by atoms with Crippen LogP contribution < -0.4 is 5.32 Å². The number of nitrogens with zero attached hydrogens (tertiary/aromatic N) is 1. The van der Waals surface area contributed by atoms with Crippen molar-refractivity contribution < 1.29 is 14.3 Å². The van der Waals surface area contributed by atoms with Crippen LogP contribution in [-0.2, 0) is 9.53 Å². The molecule has 122 valence electrons. The highest BCUT2D eigenvalue weighted by Crippen LogP contribution is 2.60. The van der Waals surface area contributed by atoms with Crippen LogP contribution in [0.2, 0.25) is 0 Å². The number of carbonyl (C=O) groups excluding carboxylic acids is 2. The van der Waals surface area contributed by atoms with Crippen LogP contribution in [0.1, 0.15) is 44.9 Å². The van der Waals surface area contributed by atoms with E-state index in [0.717, 1.165) is 50.0 Å². The molecule has 5 rings (SSSR count). The first-order valence-corrected chi connectivity index (χ1v) is 8.85. The van der Waals surface area contributed by atoms with Crippen LogP contribution in [0.25, 0.3) is 0 Å². The van der Waals surface area contributed by atoms with Gasteiger partial charge in [0.2, 0.25) is 5.91 Å². The quantitative estimate of drug-likeness (QED) is 0.866. The first-order chi connectivity index (χ1) is 10.6. The Labute approximate surface area is 131 Å². The highest BCUT2D eigenvalue weighted by atomic mass is 16.6. The lowest BCUT2D eigenvalue weighted by Gasteiger charge is -2.55. The lowest BCUT2D eigenvalue weighted by atomic mass is 9.49. The van der Waals surface area contributed by atoms with Crippen LogP contribution in [0.15, 0.2) is 0 Å². The normalized spacial score (nSPS) is 39.7. The maximum atomic E-state index is 12.8.